The first-order valence-corrected chi connectivity index (χ1v) is 35.0. The minimum atomic E-state index is -2.22. The first-order valence-electron chi connectivity index (χ1n) is 35.0. The molecule has 14 amide bonds. The van der Waals surface area contributed by atoms with E-state index in [9.17, 15) is 132 Å². The highest BCUT2D eigenvalue weighted by Gasteiger charge is 2.43. The van der Waals surface area contributed by atoms with Crippen LogP contribution in [0.15, 0.2) is 35.3 Å². The quantitative estimate of drug-likeness (QED) is 0.0164. The number of aliphatic imine (C=N–C) groups is 1. The lowest BCUT2D eigenvalue weighted by Crippen LogP contribution is -2.61. The Morgan fingerprint density at radius 1 is 0.464 bits per heavy atom. The number of guanidine groups is 1. The smallest absolute Gasteiger partial charge is 0.326 e. The number of nitrogens with zero attached hydrogens (tertiary/aromatic N) is 2. The fourth-order valence-electron chi connectivity index (χ4n) is 10.7. The predicted molar refractivity (Wildman–Crippen MR) is 382 cm³/mol. The molecule has 0 spiro atoms. The summed E-state index contributed by atoms with van der Waals surface area (Å²) in [5.41, 5.74) is 16.9. The number of carboxylic acid groups (broad SMARTS) is 6. The summed E-state index contributed by atoms with van der Waals surface area (Å²) in [7, 11) is 0. The molecule has 0 saturated carbocycles. The largest absolute Gasteiger partial charge is 0.481 e. The molecule has 1 aromatic rings. The van der Waals surface area contributed by atoms with E-state index < -0.39 is 292 Å². The van der Waals surface area contributed by atoms with Gasteiger partial charge in [-0.05, 0) is 69.8 Å². The van der Waals surface area contributed by atoms with Gasteiger partial charge in [0.15, 0.2) is 5.96 Å². The van der Waals surface area contributed by atoms with E-state index in [0.717, 1.165) is 4.90 Å². The average Bonchev–Trinajstić information content (AvgIpc) is 1.62. The Labute approximate surface area is 639 Å². The molecule has 0 aliphatic carbocycles. The average molecular weight is 1590 g/mol. The number of hydrogen-bond acceptors (Lipinski definition) is 24. The molecule has 0 aromatic heterocycles. The number of likely N-dealkylation sites (tertiary alicyclic amines) is 1. The molecule has 1 saturated heterocycles. The van der Waals surface area contributed by atoms with Crippen molar-refractivity contribution in [2.24, 2.45) is 34.0 Å². The van der Waals surface area contributed by atoms with E-state index in [2.05, 4.69) is 63.5 Å². The number of nitrogens with one attached hydrogen (secondary N) is 13. The number of aliphatic hydroxyl groups excluding tert-OH is 2. The van der Waals surface area contributed by atoms with Gasteiger partial charge in [0.1, 0.15) is 72.5 Å². The van der Waals surface area contributed by atoms with Crippen molar-refractivity contribution >= 4 is 124 Å². The Morgan fingerprint density at radius 3 is 1.33 bits per heavy atom. The van der Waals surface area contributed by atoms with Crippen molar-refractivity contribution < 1.29 is 137 Å². The minimum absolute atomic E-state index is 0.0443. The Bertz CT molecular complexity index is 3590. The number of carboxylic acids is 6. The molecule has 1 aliphatic rings. The number of carbonyl (C=O) groups excluding carboxylic acids is 14. The van der Waals surface area contributed by atoms with Crippen molar-refractivity contribution in [3.8, 4) is 0 Å². The van der Waals surface area contributed by atoms with Crippen molar-refractivity contribution in [3.63, 3.8) is 0 Å². The van der Waals surface area contributed by atoms with Crippen LogP contribution in [0.1, 0.15) is 118 Å². The van der Waals surface area contributed by atoms with Crippen LogP contribution in [0, 0.1) is 11.8 Å². The molecule has 1 fully saturated rings. The molecule has 112 heavy (non-hydrogen) atoms. The molecule has 1 aliphatic heterocycles. The van der Waals surface area contributed by atoms with Gasteiger partial charge >= 0.3 is 35.8 Å². The van der Waals surface area contributed by atoms with Gasteiger partial charge in [0.2, 0.25) is 82.7 Å². The van der Waals surface area contributed by atoms with Gasteiger partial charge in [-0.2, -0.15) is 0 Å². The number of aliphatic hydroxyl groups is 2. The van der Waals surface area contributed by atoms with Crippen molar-refractivity contribution in [1.29, 1.82) is 0 Å². The van der Waals surface area contributed by atoms with Crippen molar-refractivity contribution in [2.75, 3.05) is 32.8 Å². The zero-order valence-corrected chi connectivity index (χ0v) is 62.0. The molecular weight excluding hydrogens is 1490 g/mol. The maximum Gasteiger partial charge on any atom is 0.326 e. The van der Waals surface area contributed by atoms with Gasteiger partial charge in [-0.15, -0.1) is 0 Å². The first kappa shape index (κ1) is 95.8. The third-order valence-electron chi connectivity index (χ3n) is 16.6. The monoisotopic (exact) mass is 1590 g/mol. The lowest BCUT2D eigenvalue weighted by Gasteiger charge is -2.32. The standard InChI is InChI=1S/C66H100N18O28/c1-29(2)50(63(109)79-40(65(111)112)25-49(97)98)81-57(103)36(17-19-46(91)92)76-60(106)39(24-48(95)96)77-56(102)34(14-10-20-70-66(68)69)75-59(105)38(23-47(93)94)74-44(88)27-71-54(100)35(16-18-45(89)90)73-43(87)26-72-55(101)41(28-85)80-58(104)37(22-33-12-8-7-9-13-33)78-62(108)51(30(3)4)82-61(107)42-15-11-21-84(42)64(110)52(32(6)86)83-53(99)31(5)67/h7-9,12-13,29-32,34-42,50-52,85-86H,10-11,14-28,67H2,1-6H3,(H,71,100)(H,72,101)(H,73,87)(H,74,88)(H,75,105)(H,76,106)(H,77,102)(H,78,108)(H,79,109)(H,80,104)(H,81,103)(H,82,107)(H,83,99)(H,89,90)(H,91,92)(H,93,94)(H,95,96)(H,97,98)(H,111,112)(H4,68,69,70)/t31-,32+,34-,35-,36-,37-,38-,39-,40-,41-,42-,50-,51-,52-/m0/s1. The van der Waals surface area contributed by atoms with Gasteiger partial charge < -0.3 is 132 Å². The van der Waals surface area contributed by atoms with Crippen LogP contribution in [-0.4, -0.2) is 288 Å². The van der Waals surface area contributed by atoms with Crippen LogP contribution >= 0.6 is 0 Å². The zero-order valence-electron chi connectivity index (χ0n) is 62.0. The molecule has 2 rings (SSSR count). The SMILES string of the molecule is CC(C)[C@H](NC(=O)[C@H](CCC(=O)O)NC(=O)[C@H](CC(=O)O)NC(=O)[C@H](CCCN=C(N)N)NC(=O)[C@H](CC(=O)O)NC(=O)CNC(=O)[C@H](CCC(=O)O)NC(=O)CNC(=O)[C@H](CO)NC(=O)[C@H](Cc1ccccc1)NC(=O)[C@@H](NC(=O)[C@@H]1CCCN1C(=O)[C@@H](NC(=O)[C@H](C)N)[C@@H](C)O)C(C)C)C(=O)N[C@@H](CC(=O)O)C(=O)O. The third-order valence-corrected chi connectivity index (χ3v) is 16.6. The fourth-order valence-corrected chi connectivity index (χ4v) is 10.7. The van der Waals surface area contributed by atoms with Crippen LogP contribution in [0.2, 0.25) is 0 Å². The molecule has 1 aromatic carbocycles. The third kappa shape index (κ3) is 34.6. The molecule has 622 valence electrons. The molecular formula is C66H100N18O28. The zero-order chi connectivity index (χ0) is 85.0. The highest BCUT2D eigenvalue weighted by molar-refractivity contribution is 6.01. The molecule has 46 heteroatoms. The molecule has 46 nitrogen and oxygen atoms in total. The van der Waals surface area contributed by atoms with Gasteiger partial charge in [0.25, 0.3) is 0 Å². The predicted octanol–water partition coefficient (Wildman–Crippen LogP) is -9.89. The van der Waals surface area contributed by atoms with Crippen molar-refractivity contribution in [2.45, 2.75) is 203 Å². The Kier molecular flexibility index (Phi) is 40.8. The van der Waals surface area contributed by atoms with Crippen molar-refractivity contribution in [3.05, 3.63) is 35.9 Å². The number of hydrogen-bond donors (Lipinski definition) is 24. The molecule has 0 bridgehead atoms. The second kappa shape index (κ2) is 47.6. The van der Waals surface area contributed by atoms with E-state index in [-0.39, 0.29) is 32.4 Å². The summed E-state index contributed by atoms with van der Waals surface area (Å²) in [6.07, 6.45) is -8.79. The number of carbonyl (C=O) groups is 20. The maximum atomic E-state index is 14.1. The van der Waals surface area contributed by atoms with E-state index in [1.54, 1.807) is 44.2 Å². The van der Waals surface area contributed by atoms with E-state index >= 15 is 0 Å². The number of rotatable bonds is 50. The Balaban J connectivity index is 2.33. The minimum Gasteiger partial charge on any atom is -0.481 e. The van der Waals surface area contributed by atoms with Gasteiger partial charge in [0.05, 0.1) is 51.1 Å². The van der Waals surface area contributed by atoms with Crippen LogP contribution in [0.5, 0.6) is 0 Å². The van der Waals surface area contributed by atoms with E-state index in [1.165, 1.54) is 27.7 Å². The summed E-state index contributed by atoms with van der Waals surface area (Å²) in [5, 5.41) is 106. The lowest BCUT2D eigenvalue weighted by molar-refractivity contribution is -0.147. The normalized spacial score (nSPS) is 15.8. The van der Waals surface area contributed by atoms with Crippen LogP contribution in [0.3, 0.4) is 0 Å². The molecule has 0 unspecified atom stereocenters. The lowest BCUT2D eigenvalue weighted by atomic mass is 10.00. The summed E-state index contributed by atoms with van der Waals surface area (Å²) in [5.74, 6) is -28.4. The highest BCUT2D eigenvalue weighted by Crippen LogP contribution is 2.21. The van der Waals surface area contributed by atoms with Crippen LogP contribution in [0.4, 0.5) is 0 Å². The summed E-state index contributed by atoms with van der Waals surface area (Å²) in [6, 6.07) is -14.2. The Hall–Kier alpha value is -12.2. The summed E-state index contributed by atoms with van der Waals surface area (Å²) in [4.78, 5) is 266. The van der Waals surface area contributed by atoms with Gasteiger partial charge in [-0.3, -0.25) is 96.1 Å². The topological polar surface area (TPSA) is 753 Å². The number of aliphatic carboxylic acids is 6. The van der Waals surface area contributed by atoms with Crippen LogP contribution < -0.4 is 86.3 Å². The fraction of sp³-hybridized carbons (Fsp3) is 0.591. The van der Waals surface area contributed by atoms with Crippen molar-refractivity contribution in [1.82, 2.24) is 74.0 Å². The van der Waals surface area contributed by atoms with Gasteiger partial charge in [-0.1, -0.05) is 58.0 Å². The highest BCUT2D eigenvalue weighted by atomic mass is 16.4. The van der Waals surface area contributed by atoms with E-state index in [0.29, 0.717) is 12.0 Å². The summed E-state index contributed by atoms with van der Waals surface area (Å²) in [6.45, 7) is 4.88. The summed E-state index contributed by atoms with van der Waals surface area (Å²) >= 11 is 0. The molecule has 14 atom stereocenters. The van der Waals surface area contributed by atoms with Gasteiger partial charge in [0, 0.05) is 32.4 Å². The van der Waals surface area contributed by atoms with E-state index in [1.807, 2.05) is 10.6 Å². The number of nitrogens with two attached hydrogens (primary N) is 3. The van der Waals surface area contributed by atoms with Crippen LogP contribution in [-0.2, 0) is 102 Å². The van der Waals surface area contributed by atoms with Gasteiger partial charge in [-0.25, -0.2) is 4.79 Å². The number of benzene rings is 1. The second-order valence-electron chi connectivity index (χ2n) is 26.5. The Morgan fingerprint density at radius 2 is 0.866 bits per heavy atom. The summed E-state index contributed by atoms with van der Waals surface area (Å²) < 4.78 is 0. The second-order valence-corrected chi connectivity index (χ2v) is 26.5. The maximum absolute atomic E-state index is 14.1. The molecule has 27 N–H and O–H groups in total. The van der Waals surface area contributed by atoms with Crippen LogP contribution in [0.25, 0.3) is 0 Å². The van der Waals surface area contributed by atoms with E-state index in [4.69, 9.17) is 22.3 Å². The molecule has 1 heterocycles. The number of amides is 14. The molecule has 0 radical (unpaired) electrons. The first-order chi connectivity index (χ1) is 52.4.